The molecule has 0 heterocycles. The first-order valence-corrected chi connectivity index (χ1v) is 8.25. The predicted octanol–water partition coefficient (Wildman–Crippen LogP) is 0.222. The highest BCUT2D eigenvalue weighted by Gasteiger charge is 2.67. The van der Waals surface area contributed by atoms with E-state index in [0.29, 0.717) is 0 Å². The first-order chi connectivity index (χ1) is 14.0. The number of rotatable bonds is 8. The van der Waals surface area contributed by atoms with Crippen molar-refractivity contribution in [1.29, 1.82) is 0 Å². The molecule has 30 heavy (non-hydrogen) atoms. The second kappa shape index (κ2) is 9.05. The Kier molecular flexibility index (Phi) is 6.95. The third kappa shape index (κ3) is 4.66. The number of alkyl halides is 1. The average molecular weight is 426 g/mol. The van der Waals surface area contributed by atoms with Crippen molar-refractivity contribution < 1.29 is 53.1 Å². The molecule has 4 atom stereocenters. The van der Waals surface area contributed by atoms with Gasteiger partial charge in [0.05, 0.1) is 11.1 Å². The number of esters is 2. The highest BCUT2D eigenvalue weighted by atomic mass is 19.2. The zero-order valence-electron chi connectivity index (χ0n) is 15.0. The van der Waals surface area contributed by atoms with E-state index in [1.807, 2.05) is 0 Å². The molecule has 2 aromatic carbocycles. The van der Waals surface area contributed by atoms with Crippen molar-refractivity contribution in [3.8, 4) is 0 Å². The normalized spacial score (nSPS) is 17.0. The molecule has 0 saturated carbocycles. The Morgan fingerprint density at radius 1 is 0.833 bits per heavy atom. The smallest absolute Gasteiger partial charge is 0.372 e. The van der Waals surface area contributed by atoms with Crippen LogP contribution in [0, 0.1) is 0 Å². The molecule has 0 bridgehead atoms. The molecule has 9 nitrogen and oxygen atoms in total. The summed E-state index contributed by atoms with van der Waals surface area (Å²) in [5.41, 5.74) is -0.508. The van der Waals surface area contributed by atoms with Gasteiger partial charge in [0.15, 0.2) is 6.10 Å². The summed E-state index contributed by atoms with van der Waals surface area (Å²) >= 11 is 0. The first kappa shape index (κ1) is 23.0. The fourth-order valence-corrected chi connectivity index (χ4v) is 2.25. The predicted molar refractivity (Wildman–Crippen MR) is 92.9 cm³/mol. The Balaban J connectivity index is 2.32. The van der Waals surface area contributed by atoms with E-state index >= 15 is 0 Å². The lowest BCUT2D eigenvalue weighted by atomic mass is 10.00. The van der Waals surface area contributed by atoms with Crippen LogP contribution in [0.2, 0.25) is 0 Å². The Labute approximate surface area is 167 Å². The van der Waals surface area contributed by atoms with Crippen molar-refractivity contribution in [3.05, 3.63) is 71.8 Å². The SMILES string of the molecule is O=C(OC(O)[C@@H](O)[C@](O)(OC(=O)c1ccccc1)[C@](O)(F)C(=O)F)c1ccccc1. The molecule has 0 aliphatic heterocycles. The van der Waals surface area contributed by atoms with E-state index < -0.39 is 42.0 Å². The number of hydrogen-bond donors (Lipinski definition) is 4. The van der Waals surface area contributed by atoms with Crippen molar-refractivity contribution in [2.45, 2.75) is 24.0 Å². The monoisotopic (exact) mass is 426 g/mol. The molecular weight excluding hydrogens is 410 g/mol. The maximum absolute atomic E-state index is 14.3. The molecule has 0 aliphatic carbocycles. The minimum atomic E-state index is -5.03. The Hall–Kier alpha value is -3.25. The number of ether oxygens (including phenoxy) is 2. The van der Waals surface area contributed by atoms with Crippen LogP contribution in [0.4, 0.5) is 8.78 Å². The van der Waals surface area contributed by atoms with Gasteiger partial charge in [0.2, 0.25) is 6.29 Å². The molecule has 0 aliphatic rings. The summed E-state index contributed by atoms with van der Waals surface area (Å²) in [5, 5.41) is 39.6. The quantitative estimate of drug-likeness (QED) is 0.264. The van der Waals surface area contributed by atoms with Gasteiger partial charge in [-0.15, -0.1) is 0 Å². The topological polar surface area (TPSA) is 151 Å². The molecule has 160 valence electrons. The van der Waals surface area contributed by atoms with Gasteiger partial charge in [-0.3, -0.25) is 4.79 Å². The summed E-state index contributed by atoms with van der Waals surface area (Å²) in [4.78, 5) is 34.9. The van der Waals surface area contributed by atoms with Crippen molar-refractivity contribution in [1.82, 2.24) is 0 Å². The van der Waals surface area contributed by atoms with Crippen LogP contribution in [-0.4, -0.2) is 62.4 Å². The van der Waals surface area contributed by atoms with Gasteiger partial charge in [0, 0.05) is 0 Å². The largest absolute Gasteiger partial charge is 0.429 e. The molecule has 0 radical (unpaired) electrons. The van der Waals surface area contributed by atoms with Gasteiger partial charge in [0.25, 0.3) is 0 Å². The Morgan fingerprint density at radius 3 is 1.70 bits per heavy atom. The third-order valence-electron chi connectivity index (χ3n) is 3.90. The summed E-state index contributed by atoms with van der Waals surface area (Å²) in [5.74, 6) is -12.3. The van der Waals surface area contributed by atoms with Crippen LogP contribution >= 0.6 is 0 Å². The molecule has 0 aromatic heterocycles. The zero-order valence-corrected chi connectivity index (χ0v) is 15.0. The molecule has 1 unspecified atom stereocenters. The van der Waals surface area contributed by atoms with E-state index in [2.05, 4.69) is 9.47 Å². The van der Waals surface area contributed by atoms with Crippen LogP contribution in [0.3, 0.4) is 0 Å². The molecule has 2 aromatic rings. The molecule has 0 saturated heterocycles. The molecule has 11 heteroatoms. The van der Waals surface area contributed by atoms with Crippen LogP contribution in [0.25, 0.3) is 0 Å². The minimum absolute atomic E-state index is 0.148. The van der Waals surface area contributed by atoms with Crippen LogP contribution in [0.5, 0.6) is 0 Å². The zero-order chi connectivity index (χ0) is 22.5. The van der Waals surface area contributed by atoms with Crippen molar-refractivity contribution in [3.63, 3.8) is 0 Å². The summed E-state index contributed by atoms with van der Waals surface area (Å²) in [7, 11) is 0. The minimum Gasteiger partial charge on any atom is -0.429 e. The molecule has 0 fully saturated rings. The van der Waals surface area contributed by atoms with E-state index in [1.165, 1.54) is 42.5 Å². The summed E-state index contributed by atoms with van der Waals surface area (Å²) in [6.07, 6.45) is -6.08. The highest BCUT2D eigenvalue weighted by Crippen LogP contribution is 2.33. The number of carbonyl (C=O) groups excluding carboxylic acids is 3. The second-order valence-electron chi connectivity index (χ2n) is 5.95. The van der Waals surface area contributed by atoms with Crippen LogP contribution < -0.4 is 0 Å². The van der Waals surface area contributed by atoms with Crippen molar-refractivity contribution in [2.24, 2.45) is 0 Å². The maximum Gasteiger partial charge on any atom is 0.372 e. The number of hydrogen-bond acceptors (Lipinski definition) is 9. The standard InChI is InChI=1S/C19H16F2O9/c20-17(26)18(21,27)19(28,30-15(24)12-9-5-2-6-10-12)13(22)16(25)29-14(23)11-7-3-1-4-8-11/h1-10,13,16,22,25,27-28H/t13-,16?,18+,19+/m1/s1. The fourth-order valence-electron chi connectivity index (χ4n) is 2.25. The van der Waals surface area contributed by atoms with Gasteiger partial charge in [-0.25, -0.2) is 9.59 Å². The second-order valence-corrected chi connectivity index (χ2v) is 5.95. The summed E-state index contributed by atoms with van der Waals surface area (Å²) < 4.78 is 36.0. The van der Waals surface area contributed by atoms with Crippen LogP contribution in [0.1, 0.15) is 20.7 Å². The van der Waals surface area contributed by atoms with Gasteiger partial charge in [0.1, 0.15) is 0 Å². The van der Waals surface area contributed by atoms with Crippen LogP contribution in [0.15, 0.2) is 60.7 Å². The van der Waals surface area contributed by atoms with Crippen LogP contribution in [-0.2, 0) is 14.3 Å². The van der Waals surface area contributed by atoms with E-state index in [9.17, 15) is 43.6 Å². The molecule has 0 amide bonds. The molecule has 4 N–H and O–H groups in total. The number of carbonyl (C=O) groups is 3. The van der Waals surface area contributed by atoms with E-state index in [1.54, 1.807) is 6.07 Å². The molecule has 2 rings (SSSR count). The number of aliphatic hydroxyl groups is 4. The van der Waals surface area contributed by atoms with Gasteiger partial charge in [-0.2, -0.15) is 8.78 Å². The van der Waals surface area contributed by atoms with Crippen molar-refractivity contribution in [2.75, 3.05) is 0 Å². The van der Waals surface area contributed by atoms with E-state index in [0.717, 1.165) is 12.1 Å². The van der Waals surface area contributed by atoms with E-state index in [-0.39, 0.29) is 11.1 Å². The van der Waals surface area contributed by atoms with Gasteiger partial charge in [-0.1, -0.05) is 36.4 Å². The Morgan fingerprint density at radius 2 is 1.27 bits per heavy atom. The number of aliphatic hydroxyl groups excluding tert-OH is 2. The maximum atomic E-state index is 14.3. The van der Waals surface area contributed by atoms with E-state index in [4.69, 9.17) is 0 Å². The lowest BCUT2D eigenvalue weighted by Crippen LogP contribution is -2.67. The number of halogens is 2. The van der Waals surface area contributed by atoms with Gasteiger partial charge >= 0.3 is 29.6 Å². The Bertz CT molecular complexity index is 905. The summed E-state index contributed by atoms with van der Waals surface area (Å²) in [6, 6.07) is 9.92. The lowest BCUT2D eigenvalue weighted by molar-refractivity contribution is -0.363. The average Bonchev–Trinajstić information content (AvgIpc) is 2.73. The number of benzene rings is 2. The third-order valence-corrected chi connectivity index (χ3v) is 3.90. The van der Waals surface area contributed by atoms with Gasteiger partial charge < -0.3 is 29.9 Å². The summed E-state index contributed by atoms with van der Waals surface area (Å²) in [6.45, 7) is 0. The first-order valence-electron chi connectivity index (χ1n) is 8.25. The highest BCUT2D eigenvalue weighted by molar-refractivity contribution is 5.90. The van der Waals surface area contributed by atoms with Crippen molar-refractivity contribution >= 4 is 18.0 Å². The lowest BCUT2D eigenvalue weighted by Gasteiger charge is -2.38. The molecular formula is C19H16F2O9. The fraction of sp³-hybridized carbons (Fsp3) is 0.211. The van der Waals surface area contributed by atoms with Gasteiger partial charge in [-0.05, 0) is 24.3 Å². The molecule has 0 spiro atoms.